The molecular weight excluding hydrogens is 376 g/mol. The van der Waals surface area contributed by atoms with Crippen molar-refractivity contribution in [2.45, 2.75) is 136 Å². The molecule has 182 valence electrons. The smallest absolute Gasteiger partial charge is 0.0431 e. The van der Waals surface area contributed by atoms with Gasteiger partial charge in [0.1, 0.15) is 0 Å². The van der Waals surface area contributed by atoms with E-state index in [1.54, 1.807) is 25.7 Å². The van der Waals surface area contributed by atoms with E-state index < -0.39 is 0 Å². The maximum atomic E-state index is 9.04. The van der Waals surface area contributed by atoms with Crippen LogP contribution in [0.15, 0.2) is 0 Å². The van der Waals surface area contributed by atoms with E-state index in [1.807, 2.05) is 0 Å². The van der Waals surface area contributed by atoms with Crippen LogP contribution < -0.4 is 0 Å². The summed E-state index contributed by atoms with van der Waals surface area (Å²) in [7, 11) is 0. The Labute approximate surface area is 195 Å². The first kappa shape index (κ1) is 25.6. The van der Waals surface area contributed by atoms with Crippen molar-refractivity contribution in [1.29, 1.82) is 0 Å². The second-order valence-corrected chi connectivity index (χ2v) is 12.3. The number of hydrogen-bond acceptors (Lipinski definition) is 1. The van der Waals surface area contributed by atoms with Crippen molar-refractivity contribution in [2.24, 2.45) is 47.3 Å². The monoisotopic (exact) mass is 432 g/mol. The molecule has 1 nitrogen and oxygen atoms in total. The third kappa shape index (κ3) is 7.75. The predicted molar refractivity (Wildman–Crippen MR) is 135 cm³/mol. The van der Waals surface area contributed by atoms with Crippen molar-refractivity contribution >= 4 is 0 Å². The zero-order chi connectivity index (χ0) is 22.1. The van der Waals surface area contributed by atoms with Gasteiger partial charge in [-0.2, -0.15) is 0 Å². The average Bonchev–Trinajstić information content (AvgIpc) is 2.81. The Morgan fingerprint density at radius 2 is 1.10 bits per heavy atom. The van der Waals surface area contributed by atoms with Gasteiger partial charge in [-0.05, 0) is 79.4 Å². The first-order chi connectivity index (χ1) is 15.1. The molecule has 0 spiro atoms. The van der Waals surface area contributed by atoms with Crippen LogP contribution in [0.4, 0.5) is 0 Å². The number of unbranched alkanes of at least 4 members (excludes halogenated alkanes) is 2. The van der Waals surface area contributed by atoms with Gasteiger partial charge in [0.05, 0.1) is 0 Å². The third-order valence-electron chi connectivity index (χ3n) is 10.3. The molecule has 0 radical (unpaired) electrons. The maximum absolute atomic E-state index is 9.04. The summed E-state index contributed by atoms with van der Waals surface area (Å²) in [5, 5.41) is 9.04. The molecule has 0 aromatic carbocycles. The molecule has 31 heavy (non-hydrogen) atoms. The quantitative estimate of drug-likeness (QED) is 0.323. The van der Waals surface area contributed by atoms with Crippen LogP contribution in [0.25, 0.3) is 0 Å². The van der Waals surface area contributed by atoms with Gasteiger partial charge in [-0.15, -0.1) is 0 Å². The van der Waals surface area contributed by atoms with E-state index in [4.69, 9.17) is 5.11 Å². The molecule has 0 aromatic heterocycles. The van der Waals surface area contributed by atoms with Gasteiger partial charge in [-0.25, -0.2) is 0 Å². The second kappa shape index (κ2) is 13.6. The number of aliphatic hydroxyl groups excluding tert-OH is 1. The van der Waals surface area contributed by atoms with Crippen molar-refractivity contribution in [1.82, 2.24) is 0 Å². The molecular formula is C30H56O. The van der Waals surface area contributed by atoms with Crippen molar-refractivity contribution in [2.75, 3.05) is 6.61 Å². The fourth-order valence-electron chi connectivity index (χ4n) is 8.17. The lowest BCUT2D eigenvalue weighted by atomic mass is 9.59. The van der Waals surface area contributed by atoms with Crippen LogP contribution in [-0.2, 0) is 0 Å². The Bertz CT molecular complexity index is 465. The van der Waals surface area contributed by atoms with Crippen molar-refractivity contribution < 1.29 is 5.11 Å². The molecule has 0 saturated heterocycles. The molecule has 0 amide bonds. The van der Waals surface area contributed by atoms with Crippen molar-refractivity contribution in [3.05, 3.63) is 0 Å². The Balaban J connectivity index is 1.44. The minimum atomic E-state index is 0.380. The number of hydrogen-bond donors (Lipinski definition) is 1. The summed E-state index contributed by atoms with van der Waals surface area (Å²) >= 11 is 0. The molecule has 1 N–H and O–H groups in total. The summed E-state index contributed by atoms with van der Waals surface area (Å²) in [5.74, 6) is 8.17. The van der Waals surface area contributed by atoms with Crippen LogP contribution in [0.5, 0.6) is 0 Å². The molecule has 0 aliphatic heterocycles. The van der Waals surface area contributed by atoms with Crippen LogP contribution >= 0.6 is 0 Å². The average molecular weight is 433 g/mol. The molecule has 6 unspecified atom stereocenters. The van der Waals surface area contributed by atoms with Gasteiger partial charge in [0.2, 0.25) is 0 Å². The number of rotatable bonds is 11. The van der Waals surface area contributed by atoms with E-state index >= 15 is 0 Å². The lowest BCUT2D eigenvalue weighted by Crippen LogP contribution is -2.37. The second-order valence-electron chi connectivity index (χ2n) is 12.3. The largest absolute Gasteiger partial charge is 0.396 e. The topological polar surface area (TPSA) is 20.2 Å². The van der Waals surface area contributed by atoms with Crippen LogP contribution in [0.2, 0.25) is 0 Å². The van der Waals surface area contributed by atoms with Gasteiger partial charge < -0.3 is 5.11 Å². The molecule has 0 bridgehead atoms. The first-order valence-electron chi connectivity index (χ1n) is 14.7. The summed E-state index contributed by atoms with van der Waals surface area (Å²) in [5.41, 5.74) is 0. The van der Waals surface area contributed by atoms with Crippen molar-refractivity contribution in [3.8, 4) is 0 Å². The minimum Gasteiger partial charge on any atom is -0.396 e. The van der Waals surface area contributed by atoms with E-state index in [-0.39, 0.29) is 0 Å². The van der Waals surface area contributed by atoms with E-state index in [0.29, 0.717) is 6.61 Å². The summed E-state index contributed by atoms with van der Waals surface area (Å²) in [6.45, 7) is 7.81. The lowest BCUT2D eigenvalue weighted by molar-refractivity contribution is 0.0375. The fraction of sp³-hybridized carbons (Fsp3) is 1.00. The van der Waals surface area contributed by atoms with E-state index in [9.17, 15) is 0 Å². The Morgan fingerprint density at radius 1 is 0.581 bits per heavy atom. The molecule has 0 heterocycles. The molecule has 1 heteroatoms. The Kier molecular flexibility index (Phi) is 11.2. The summed E-state index contributed by atoms with van der Waals surface area (Å²) in [6.07, 6.45) is 26.1. The molecule has 3 aliphatic carbocycles. The van der Waals surface area contributed by atoms with Gasteiger partial charge in [0.25, 0.3) is 0 Å². The highest BCUT2D eigenvalue weighted by molar-refractivity contribution is 4.90. The van der Waals surface area contributed by atoms with Gasteiger partial charge >= 0.3 is 0 Å². The van der Waals surface area contributed by atoms with Gasteiger partial charge in [0.15, 0.2) is 0 Å². The maximum Gasteiger partial charge on any atom is 0.0431 e. The van der Waals surface area contributed by atoms with Gasteiger partial charge in [-0.3, -0.25) is 0 Å². The standard InChI is InChI=1S/C30H56O/c1-4-27-21-25(9-7-6-8-20-31)16-18-29(27)30-19-17-26(22-28(30)5-2)15-14-24-12-10-23(3)11-13-24/h23-31H,4-22H2,1-3H3. The van der Waals surface area contributed by atoms with Crippen LogP contribution in [-0.4, -0.2) is 11.7 Å². The number of aliphatic hydroxyl groups is 1. The highest BCUT2D eigenvalue weighted by atomic mass is 16.2. The zero-order valence-corrected chi connectivity index (χ0v) is 21.5. The SMILES string of the molecule is CCC1CC(CCCCCO)CCC1C1CCC(CCC2CCC(C)CC2)CC1CC. The molecule has 3 rings (SSSR count). The van der Waals surface area contributed by atoms with Crippen LogP contribution in [0.1, 0.15) is 136 Å². The van der Waals surface area contributed by atoms with Crippen molar-refractivity contribution in [3.63, 3.8) is 0 Å². The lowest BCUT2D eigenvalue weighted by Gasteiger charge is -2.46. The minimum absolute atomic E-state index is 0.380. The molecule has 6 atom stereocenters. The summed E-state index contributed by atoms with van der Waals surface area (Å²) < 4.78 is 0. The molecule has 3 saturated carbocycles. The Hall–Kier alpha value is -0.0400. The highest BCUT2D eigenvalue weighted by Gasteiger charge is 2.40. The van der Waals surface area contributed by atoms with Crippen LogP contribution in [0, 0.1) is 47.3 Å². The van der Waals surface area contributed by atoms with Crippen LogP contribution in [0.3, 0.4) is 0 Å². The van der Waals surface area contributed by atoms with E-state index in [0.717, 1.165) is 53.8 Å². The fourth-order valence-corrected chi connectivity index (χ4v) is 8.17. The van der Waals surface area contributed by atoms with E-state index in [1.165, 1.54) is 83.5 Å². The normalized spacial score (nSPS) is 39.5. The Morgan fingerprint density at radius 3 is 1.65 bits per heavy atom. The zero-order valence-electron chi connectivity index (χ0n) is 21.5. The molecule has 3 fully saturated rings. The summed E-state index contributed by atoms with van der Waals surface area (Å²) in [4.78, 5) is 0. The molecule has 3 aliphatic rings. The predicted octanol–water partition coefficient (Wildman–Crippen LogP) is 9.03. The van der Waals surface area contributed by atoms with E-state index in [2.05, 4.69) is 20.8 Å². The van der Waals surface area contributed by atoms with Gasteiger partial charge in [-0.1, -0.05) is 104 Å². The van der Waals surface area contributed by atoms with Gasteiger partial charge in [0, 0.05) is 6.61 Å². The summed E-state index contributed by atoms with van der Waals surface area (Å²) in [6, 6.07) is 0. The first-order valence-corrected chi connectivity index (χ1v) is 14.7. The molecule has 0 aromatic rings. The third-order valence-corrected chi connectivity index (χ3v) is 10.3. The highest BCUT2D eigenvalue weighted by Crippen LogP contribution is 2.50.